The van der Waals surface area contributed by atoms with E-state index in [9.17, 15) is 9.59 Å². The van der Waals surface area contributed by atoms with Crippen molar-refractivity contribution in [2.45, 2.75) is 19.9 Å². The van der Waals surface area contributed by atoms with Crippen LogP contribution >= 0.6 is 0 Å². The lowest BCUT2D eigenvalue weighted by Crippen LogP contribution is -2.32. The van der Waals surface area contributed by atoms with Crippen LogP contribution in [-0.4, -0.2) is 22.0 Å². The fraction of sp³-hybridized carbons (Fsp3) is 0.174. The number of para-hydroxylation sites is 1. The first kappa shape index (κ1) is 17.9. The molecule has 1 amide bonds. The van der Waals surface area contributed by atoms with E-state index in [1.807, 2.05) is 61.5 Å². The molecule has 5 heteroatoms. The van der Waals surface area contributed by atoms with Crippen molar-refractivity contribution in [1.29, 1.82) is 0 Å². The maximum atomic E-state index is 12.8. The molecule has 0 aliphatic carbocycles. The van der Waals surface area contributed by atoms with E-state index in [0.717, 1.165) is 16.5 Å². The number of aryl methyl sites for hydroxylation is 1. The third-order valence-electron chi connectivity index (χ3n) is 4.96. The standard InChI is InChI=1S/C23H21N3O2/c1-2-26(19-12-11-17-7-3-4-8-18(17)15-19)22(27)13-14-25-16-24-21-10-6-5-9-20(21)23(25)28/h3-12,15-16H,2,13-14H2,1H3. The molecule has 3 aromatic carbocycles. The molecule has 0 N–H and O–H groups in total. The van der Waals surface area contributed by atoms with Gasteiger partial charge in [0.25, 0.3) is 5.56 Å². The van der Waals surface area contributed by atoms with Gasteiger partial charge in [0, 0.05) is 25.2 Å². The van der Waals surface area contributed by atoms with Crippen molar-refractivity contribution < 1.29 is 4.79 Å². The minimum atomic E-state index is -0.118. The molecule has 0 saturated carbocycles. The third kappa shape index (κ3) is 3.39. The maximum absolute atomic E-state index is 12.8. The largest absolute Gasteiger partial charge is 0.313 e. The summed E-state index contributed by atoms with van der Waals surface area (Å²) < 4.78 is 1.51. The smallest absolute Gasteiger partial charge is 0.261 e. The molecule has 0 spiro atoms. The molecule has 0 aliphatic rings. The van der Waals surface area contributed by atoms with E-state index in [2.05, 4.69) is 11.1 Å². The highest BCUT2D eigenvalue weighted by atomic mass is 16.2. The molecule has 140 valence electrons. The number of aromatic nitrogens is 2. The zero-order valence-corrected chi connectivity index (χ0v) is 15.7. The van der Waals surface area contributed by atoms with Gasteiger partial charge in [-0.15, -0.1) is 0 Å². The van der Waals surface area contributed by atoms with Crippen LogP contribution in [0.25, 0.3) is 21.7 Å². The monoisotopic (exact) mass is 371 g/mol. The van der Waals surface area contributed by atoms with Crippen LogP contribution in [0.4, 0.5) is 5.69 Å². The Morgan fingerprint density at radius 1 is 1.00 bits per heavy atom. The quantitative estimate of drug-likeness (QED) is 0.533. The highest BCUT2D eigenvalue weighted by Gasteiger charge is 2.15. The zero-order valence-electron chi connectivity index (χ0n) is 15.7. The number of amides is 1. The average molecular weight is 371 g/mol. The lowest BCUT2D eigenvalue weighted by Gasteiger charge is -2.22. The van der Waals surface area contributed by atoms with Gasteiger partial charge in [-0.25, -0.2) is 4.98 Å². The number of nitrogens with zero attached hydrogens (tertiary/aromatic N) is 3. The molecule has 28 heavy (non-hydrogen) atoms. The maximum Gasteiger partial charge on any atom is 0.261 e. The van der Waals surface area contributed by atoms with E-state index >= 15 is 0 Å². The van der Waals surface area contributed by atoms with Gasteiger partial charge in [-0.2, -0.15) is 0 Å². The lowest BCUT2D eigenvalue weighted by molar-refractivity contribution is -0.118. The van der Waals surface area contributed by atoms with Gasteiger partial charge >= 0.3 is 0 Å². The number of benzene rings is 3. The van der Waals surface area contributed by atoms with Crippen molar-refractivity contribution in [2.24, 2.45) is 0 Å². The van der Waals surface area contributed by atoms with Gasteiger partial charge in [0.2, 0.25) is 5.91 Å². The van der Waals surface area contributed by atoms with E-state index < -0.39 is 0 Å². The second-order valence-electron chi connectivity index (χ2n) is 6.68. The zero-order chi connectivity index (χ0) is 19.5. The van der Waals surface area contributed by atoms with Crippen LogP contribution in [0.1, 0.15) is 13.3 Å². The van der Waals surface area contributed by atoms with E-state index in [4.69, 9.17) is 0 Å². The van der Waals surface area contributed by atoms with Crippen LogP contribution in [0.2, 0.25) is 0 Å². The number of carbonyl (C=O) groups is 1. The van der Waals surface area contributed by atoms with Crippen molar-refractivity contribution in [3.8, 4) is 0 Å². The summed E-state index contributed by atoms with van der Waals surface area (Å²) in [6.07, 6.45) is 1.75. The van der Waals surface area contributed by atoms with Crippen molar-refractivity contribution in [3.05, 3.63) is 83.4 Å². The van der Waals surface area contributed by atoms with Gasteiger partial charge in [-0.3, -0.25) is 14.2 Å². The minimum absolute atomic E-state index is 0.0159. The number of fused-ring (bicyclic) bond motifs is 2. The first-order chi connectivity index (χ1) is 13.7. The summed E-state index contributed by atoms with van der Waals surface area (Å²) in [7, 11) is 0. The fourth-order valence-electron chi connectivity index (χ4n) is 3.46. The summed E-state index contributed by atoms with van der Waals surface area (Å²) in [5, 5.41) is 2.81. The first-order valence-corrected chi connectivity index (χ1v) is 9.40. The topological polar surface area (TPSA) is 55.2 Å². The van der Waals surface area contributed by atoms with E-state index in [-0.39, 0.29) is 17.9 Å². The summed E-state index contributed by atoms with van der Waals surface area (Å²) in [6, 6.07) is 21.3. The van der Waals surface area contributed by atoms with Gasteiger partial charge in [0.15, 0.2) is 0 Å². The Morgan fingerprint density at radius 2 is 1.75 bits per heavy atom. The van der Waals surface area contributed by atoms with Crippen LogP contribution in [-0.2, 0) is 11.3 Å². The predicted octanol–water partition coefficient (Wildman–Crippen LogP) is 3.99. The fourth-order valence-corrected chi connectivity index (χ4v) is 3.46. The van der Waals surface area contributed by atoms with Crippen LogP contribution in [0.15, 0.2) is 77.9 Å². The van der Waals surface area contributed by atoms with Gasteiger partial charge in [0.05, 0.1) is 17.2 Å². The summed E-state index contributed by atoms with van der Waals surface area (Å²) in [6.45, 7) is 2.83. The van der Waals surface area contributed by atoms with Gasteiger partial charge in [-0.05, 0) is 42.0 Å². The van der Waals surface area contributed by atoms with E-state index in [1.54, 1.807) is 11.0 Å². The Hall–Kier alpha value is -3.47. The summed E-state index contributed by atoms with van der Waals surface area (Å²) in [5.41, 5.74) is 1.42. The number of hydrogen-bond donors (Lipinski definition) is 0. The van der Waals surface area contributed by atoms with Crippen molar-refractivity contribution in [2.75, 3.05) is 11.4 Å². The molecule has 0 atom stereocenters. The number of anilines is 1. The number of rotatable bonds is 5. The van der Waals surface area contributed by atoms with Crippen LogP contribution in [0.5, 0.6) is 0 Å². The highest BCUT2D eigenvalue weighted by Crippen LogP contribution is 2.22. The Kier molecular flexibility index (Phi) is 4.89. The lowest BCUT2D eigenvalue weighted by atomic mass is 10.1. The third-order valence-corrected chi connectivity index (χ3v) is 4.96. The summed E-state index contributed by atoms with van der Waals surface area (Å²) >= 11 is 0. The Bertz CT molecular complexity index is 1210. The van der Waals surface area contributed by atoms with Gasteiger partial charge in [0.1, 0.15) is 0 Å². The van der Waals surface area contributed by atoms with Crippen molar-refractivity contribution in [3.63, 3.8) is 0 Å². The number of hydrogen-bond acceptors (Lipinski definition) is 3. The highest BCUT2D eigenvalue weighted by molar-refractivity contribution is 5.96. The Balaban J connectivity index is 1.54. The molecule has 0 bridgehead atoms. The molecular weight excluding hydrogens is 350 g/mol. The molecule has 0 radical (unpaired) electrons. The predicted molar refractivity (Wildman–Crippen MR) is 113 cm³/mol. The SMILES string of the molecule is CCN(C(=O)CCn1cnc2ccccc2c1=O)c1ccc2ccccc2c1. The van der Waals surface area contributed by atoms with E-state index in [1.165, 1.54) is 10.9 Å². The van der Waals surface area contributed by atoms with Crippen LogP contribution < -0.4 is 10.5 Å². The molecule has 5 nitrogen and oxygen atoms in total. The second kappa shape index (κ2) is 7.64. The summed E-state index contributed by atoms with van der Waals surface area (Å²) in [5.74, 6) is -0.0159. The van der Waals surface area contributed by atoms with Gasteiger partial charge in [-0.1, -0.05) is 42.5 Å². The van der Waals surface area contributed by atoms with Crippen molar-refractivity contribution >= 4 is 33.3 Å². The van der Waals surface area contributed by atoms with Crippen LogP contribution in [0.3, 0.4) is 0 Å². The molecule has 1 heterocycles. The van der Waals surface area contributed by atoms with Crippen molar-refractivity contribution in [1.82, 2.24) is 9.55 Å². The molecule has 0 saturated heterocycles. The molecule has 4 aromatic rings. The molecule has 4 rings (SSSR count). The van der Waals surface area contributed by atoms with Crippen LogP contribution in [0, 0.1) is 0 Å². The molecule has 0 unspecified atom stereocenters. The second-order valence-corrected chi connectivity index (χ2v) is 6.68. The first-order valence-electron chi connectivity index (χ1n) is 9.40. The average Bonchev–Trinajstić information content (AvgIpc) is 2.74. The Labute approximate surface area is 162 Å². The normalized spacial score (nSPS) is 11.0. The minimum Gasteiger partial charge on any atom is -0.313 e. The van der Waals surface area contributed by atoms with Gasteiger partial charge < -0.3 is 4.90 Å². The van der Waals surface area contributed by atoms with E-state index in [0.29, 0.717) is 24.0 Å². The summed E-state index contributed by atoms with van der Waals surface area (Å²) in [4.78, 5) is 31.5. The Morgan fingerprint density at radius 3 is 2.57 bits per heavy atom. The molecule has 1 aromatic heterocycles. The molecule has 0 fully saturated rings. The molecular formula is C23H21N3O2. The molecule has 0 aliphatic heterocycles. The number of carbonyl (C=O) groups excluding carboxylic acids is 1.